The van der Waals surface area contributed by atoms with E-state index in [1.807, 2.05) is 0 Å². The fourth-order valence-corrected chi connectivity index (χ4v) is 12.7. The average Bonchev–Trinajstić information content (AvgIpc) is 1.63. The van der Waals surface area contributed by atoms with Crippen LogP contribution in [-0.2, 0) is 84.8 Å². The number of primary amides is 1. The molecule has 0 saturated carbocycles. The maximum atomic E-state index is 15.5. The first kappa shape index (κ1) is 106. The highest BCUT2D eigenvalue weighted by Gasteiger charge is 2.38. The molecule has 126 heavy (non-hydrogen) atoms. The Bertz CT molecular complexity index is 4190. The second-order valence-electron chi connectivity index (χ2n) is 30.5. The first-order chi connectivity index (χ1) is 59.7. The van der Waals surface area contributed by atoms with Crippen molar-refractivity contribution in [2.24, 2.45) is 52.0 Å². The minimum atomic E-state index is -1.67. The summed E-state index contributed by atoms with van der Waals surface area (Å²) in [5, 5.41) is 106. The molecule has 0 aliphatic heterocycles. The number of aliphatic hydroxyl groups excluding tert-OH is 1. The van der Waals surface area contributed by atoms with Gasteiger partial charge in [-0.05, 0) is 145 Å². The van der Waals surface area contributed by atoms with Crippen LogP contribution in [-0.4, -0.2) is 259 Å². The summed E-state index contributed by atoms with van der Waals surface area (Å²) in [5.41, 5.74) is 40.8. The van der Waals surface area contributed by atoms with Gasteiger partial charge < -0.3 is 151 Å². The summed E-state index contributed by atoms with van der Waals surface area (Å²) in [6.07, 6.45) is 1.11. The highest BCUT2D eigenvalue weighted by molar-refractivity contribution is 6.24. The monoisotopic (exact) mass is 1770 g/mol. The number of phenolic OH excluding ortho intramolecular Hbond substituents is 1. The molecular weight excluding hydrogens is 1640 g/mol. The SMILES string of the molecule is CC[C@H](C)[C@H](NC(=O)[C@H](CCCNC(=N)N)NC(=O)[C@H](CCCNC(=N)N)NC(=O)[C@H](Cc1ccc(O)cc1)NC(=O)[C@H](CCCNC(=N)N)NC(=O)[C@H](Cc1c[nH]c2ccccc12)NC(=O)[C@H](CCCCN)NC(=O)[C@H](CC(C)C)NC(=O)[C@H](CCCNC(=N)N)NC(=O)CNC(=O)[C@H](CO)NC(=O)[C@H](C)NC(=O)C=O)C(=O)N[C@@H](CCCNC(=N)N)C(N)=O. The van der Waals surface area contributed by atoms with Crippen LogP contribution in [0, 0.1) is 38.9 Å². The Morgan fingerprint density at radius 2 is 0.802 bits per heavy atom. The number of fused-ring (bicyclic) bond motifs is 1. The van der Waals surface area contributed by atoms with E-state index in [2.05, 4.69) is 101 Å². The molecule has 3 rings (SSSR count). The van der Waals surface area contributed by atoms with Gasteiger partial charge in [0.05, 0.1) is 13.2 Å². The van der Waals surface area contributed by atoms with Crippen molar-refractivity contribution in [3.8, 4) is 5.75 Å². The van der Waals surface area contributed by atoms with Gasteiger partial charge in [-0.2, -0.15) is 0 Å². The van der Waals surface area contributed by atoms with Crippen LogP contribution in [0.4, 0.5) is 0 Å². The molecule has 0 fully saturated rings. The Labute approximate surface area is 728 Å². The lowest BCUT2D eigenvalue weighted by molar-refractivity contribution is -0.136. The van der Waals surface area contributed by atoms with Gasteiger partial charge in [-0.15, -0.1) is 0 Å². The van der Waals surface area contributed by atoms with Crippen LogP contribution in [0.2, 0.25) is 0 Å². The van der Waals surface area contributed by atoms with Crippen molar-refractivity contribution in [1.29, 1.82) is 27.0 Å². The number of guanidine groups is 5. The van der Waals surface area contributed by atoms with Crippen molar-refractivity contribution in [3.05, 3.63) is 65.9 Å². The minimum absolute atomic E-state index is 0.00408. The zero-order chi connectivity index (χ0) is 94.1. The van der Waals surface area contributed by atoms with Crippen molar-refractivity contribution < 1.29 is 82.1 Å². The molecule has 40 N–H and O–H groups in total. The third kappa shape index (κ3) is 41.0. The normalized spacial score (nSPS) is 14.0. The molecule has 0 bridgehead atoms. The van der Waals surface area contributed by atoms with E-state index < -0.39 is 198 Å². The molecule has 698 valence electrons. The van der Waals surface area contributed by atoms with E-state index in [0.29, 0.717) is 34.9 Å². The van der Waals surface area contributed by atoms with Crippen LogP contribution in [0.5, 0.6) is 5.75 Å². The van der Waals surface area contributed by atoms with E-state index in [9.17, 15) is 63.0 Å². The number of benzene rings is 2. The van der Waals surface area contributed by atoms with Crippen LogP contribution < -0.4 is 136 Å². The number of amides is 14. The van der Waals surface area contributed by atoms with E-state index in [-0.39, 0.29) is 159 Å². The lowest BCUT2D eigenvalue weighted by Crippen LogP contribution is -2.61. The fourth-order valence-electron chi connectivity index (χ4n) is 12.7. The number of unbranched alkanes of at least 4 members (excludes halogenated alkanes) is 1. The Hall–Kier alpha value is -13.7. The second-order valence-corrected chi connectivity index (χ2v) is 30.5. The van der Waals surface area contributed by atoms with Gasteiger partial charge in [0, 0.05) is 62.7 Å². The first-order valence-electron chi connectivity index (χ1n) is 41.4. The number of aldehydes is 1. The van der Waals surface area contributed by atoms with Crippen molar-refractivity contribution in [2.45, 2.75) is 216 Å². The largest absolute Gasteiger partial charge is 0.508 e. The van der Waals surface area contributed by atoms with Crippen molar-refractivity contribution in [1.82, 2.24) is 101 Å². The standard InChI is InChI=1S/C78H129N31O17/c1-6-42(4)61(73(126)100-49(62(80)115)19-11-29-91-74(81)82)109-69(122)54(23-15-33-95-78(89)90)101-66(119)52(21-13-31-93-76(85)86)103-71(124)56(35-44-24-26-46(112)27-25-44)106-68(121)53(22-14-32-94-77(87)88)104-72(125)57(36-45-37-96-48-17-8-7-16-47(45)48)107-67(120)51(18-9-10-28-79)102-70(123)55(34-41(2)3)105-65(118)50(20-12-30-92-75(83)84)99-59(113)38-97-64(117)58(39-110)108-63(116)43(5)98-60(114)40-111/h7-8,16-17,24-27,37,40-43,49-58,61,96,110,112H,6,9-15,18-23,28-36,38-39,79H2,1-5H3,(H2,80,115)(H,97,117)(H,98,114)(H,99,113)(H,100,126)(H,101,119)(H,102,123)(H,103,124)(H,104,125)(H,105,118)(H,106,121)(H,107,120)(H,108,116)(H,109,122)(H4,81,82,91)(H4,83,84,92)(H4,85,86,93)(H4,87,88,94)(H4,89,90,95)/t42-,43-,49-,50-,51-,52-,53-,54-,55-,56-,57-,58-,61-/m0/s1. The zero-order valence-corrected chi connectivity index (χ0v) is 71.6. The molecule has 1 aromatic heterocycles. The van der Waals surface area contributed by atoms with Gasteiger partial charge in [-0.3, -0.25) is 99.0 Å². The highest BCUT2D eigenvalue weighted by Crippen LogP contribution is 2.21. The van der Waals surface area contributed by atoms with Gasteiger partial charge in [0.2, 0.25) is 83.1 Å². The second kappa shape index (κ2) is 56.9. The molecule has 0 spiro atoms. The number of phenols is 1. The number of nitrogens with one attached hydrogen (secondary N) is 24. The molecule has 0 aliphatic rings. The van der Waals surface area contributed by atoms with Crippen molar-refractivity contribution >= 4 is 130 Å². The molecule has 48 heteroatoms. The van der Waals surface area contributed by atoms with Crippen molar-refractivity contribution in [3.63, 3.8) is 0 Å². The number of carbonyl (C=O) groups is 15. The van der Waals surface area contributed by atoms with Crippen LogP contribution in [0.1, 0.15) is 142 Å². The number of aromatic amines is 1. The van der Waals surface area contributed by atoms with Crippen LogP contribution in [0.25, 0.3) is 10.9 Å². The van der Waals surface area contributed by atoms with Gasteiger partial charge in [0.1, 0.15) is 78.3 Å². The van der Waals surface area contributed by atoms with Crippen LogP contribution in [0.3, 0.4) is 0 Å². The third-order valence-corrected chi connectivity index (χ3v) is 19.7. The molecule has 48 nitrogen and oxygen atoms in total. The quantitative estimate of drug-likeness (QED) is 0.00820. The van der Waals surface area contributed by atoms with E-state index in [4.69, 9.17) is 67.2 Å². The van der Waals surface area contributed by atoms with E-state index in [1.54, 1.807) is 58.2 Å². The predicted octanol–water partition coefficient (Wildman–Crippen LogP) is -8.17. The van der Waals surface area contributed by atoms with Gasteiger partial charge >= 0.3 is 0 Å². The lowest BCUT2D eigenvalue weighted by Gasteiger charge is -2.29. The van der Waals surface area contributed by atoms with Gasteiger partial charge in [-0.1, -0.05) is 64.4 Å². The summed E-state index contributed by atoms with van der Waals surface area (Å²) >= 11 is 0. The smallest absolute Gasteiger partial charge is 0.284 e. The summed E-state index contributed by atoms with van der Waals surface area (Å²) in [6, 6.07) is -5.48. The number of carbonyl (C=O) groups excluding carboxylic acids is 15. The Balaban J connectivity index is 2.17. The Kier molecular flexibility index (Phi) is 48.1. The first-order valence-corrected chi connectivity index (χ1v) is 41.4. The fraction of sp³-hybridized carbons (Fsp3) is 0.564. The van der Waals surface area contributed by atoms with E-state index in [1.165, 1.54) is 31.2 Å². The molecule has 14 amide bonds. The van der Waals surface area contributed by atoms with Gasteiger partial charge in [0.25, 0.3) is 5.91 Å². The Morgan fingerprint density at radius 3 is 1.22 bits per heavy atom. The molecule has 0 unspecified atom stereocenters. The molecule has 0 aliphatic carbocycles. The number of hydrogen-bond donors (Lipinski definition) is 33. The molecule has 3 aromatic rings. The Morgan fingerprint density at radius 1 is 0.421 bits per heavy atom. The zero-order valence-electron chi connectivity index (χ0n) is 71.6. The topological polar surface area (TPSA) is 830 Å². The third-order valence-electron chi connectivity index (χ3n) is 19.7. The summed E-state index contributed by atoms with van der Waals surface area (Å²) in [4.78, 5) is 212. The number of para-hydroxylation sites is 1. The van der Waals surface area contributed by atoms with E-state index in [0.717, 1.165) is 0 Å². The maximum absolute atomic E-state index is 15.5. The number of aliphatic hydroxyl groups is 1. The predicted molar refractivity (Wildman–Crippen MR) is 466 cm³/mol. The summed E-state index contributed by atoms with van der Waals surface area (Å²) < 4.78 is 0. The number of hydrogen-bond acceptors (Lipinski definition) is 23. The number of aromatic hydroxyl groups is 1. The average molecular weight is 1770 g/mol. The highest BCUT2D eigenvalue weighted by atomic mass is 16.3. The molecule has 13 atom stereocenters. The number of rotatable bonds is 60. The summed E-state index contributed by atoms with van der Waals surface area (Å²) in [6.45, 7) is 6.51. The lowest BCUT2D eigenvalue weighted by atomic mass is 9.96. The number of aromatic nitrogens is 1. The van der Waals surface area contributed by atoms with Gasteiger partial charge in [0.15, 0.2) is 29.8 Å². The molecular formula is C78H129N31O17. The number of H-pyrrole nitrogens is 1. The molecule has 1 heterocycles. The van der Waals surface area contributed by atoms with Crippen molar-refractivity contribution in [2.75, 3.05) is 52.4 Å². The van der Waals surface area contributed by atoms with Crippen LogP contribution >= 0.6 is 0 Å². The van der Waals surface area contributed by atoms with Crippen LogP contribution in [0.15, 0.2) is 54.7 Å². The maximum Gasteiger partial charge on any atom is 0.284 e. The molecule has 2 aromatic carbocycles. The summed E-state index contributed by atoms with van der Waals surface area (Å²) in [5.74, 6) is -16.7. The minimum Gasteiger partial charge on any atom is -0.508 e. The summed E-state index contributed by atoms with van der Waals surface area (Å²) in [7, 11) is 0. The number of nitrogens with two attached hydrogens (primary N) is 7. The molecule has 0 radical (unpaired) electrons. The molecule has 0 saturated heterocycles. The van der Waals surface area contributed by atoms with Gasteiger partial charge in [-0.25, -0.2) is 0 Å². The van der Waals surface area contributed by atoms with E-state index >= 15 is 19.2 Å².